The zero-order chi connectivity index (χ0) is 85.5. The van der Waals surface area contributed by atoms with E-state index in [9.17, 15) is 0 Å². The molecule has 0 saturated heterocycles. The molecule has 6 aliphatic rings. The first-order valence-corrected chi connectivity index (χ1v) is 42.9. The first kappa shape index (κ1) is 82.6. The minimum atomic E-state index is 0. The number of nitrogens with zero attached hydrogens (tertiary/aromatic N) is 15. The quantitative estimate of drug-likeness (QED) is 0.0819. The second kappa shape index (κ2) is 33.8. The van der Waals surface area contributed by atoms with Gasteiger partial charge in [0.2, 0.25) is 0 Å². The Bertz CT molecular complexity index is 8490. The van der Waals surface area contributed by atoms with Crippen molar-refractivity contribution in [3.8, 4) is 33.4 Å². The molecule has 15 nitrogen and oxygen atoms in total. The van der Waals surface area contributed by atoms with E-state index in [4.69, 9.17) is 0 Å². The number of hydrogen-bond donors (Lipinski definition) is 0. The Morgan fingerprint density at radius 2 is 0.561 bits per heavy atom. The normalized spacial score (nSPS) is 13.3. The van der Waals surface area contributed by atoms with E-state index in [2.05, 4.69) is 411 Å². The standard InChI is InChI=1S/3C22H12N3.3C16H12N2.3Ir/c1-2-5-16-14(4-1)7-8-15-9-10-18-17-6-3-12-23-21(17)19-11-13-24-25(19)22(18)20(15)16;1-2-5-15-14(4-1)7-8-18-16(15)9-10-19-17-6-3-12-23-21(17)20-11-13-24-25(20)22(18)19;1-2-5-15-13-19-16(12-14(15)4-1)7-8-18-17-6-3-10-23-21(17)20-9-11-24-25(20)22(18)19;3*1-17-10-16-14-8-3-2-6-12(14)13-7-4-5-9-15(13)18(16)11-17;;;/h2*1-10,12-13H;1-8,10-13H;3*2-8,10-11H,1H3;;;/q3*-1;3*-2;3*+3. The monoisotopic (exact) mass is 2230 g/mol. The minimum absolute atomic E-state index is 0. The number of rotatable bonds is 0. The summed E-state index contributed by atoms with van der Waals surface area (Å²) in [6, 6.07) is 128. The van der Waals surface area contributed by atoms with Crippen LogP contribution in [0, 0.1) is 56.4 Å². The largest absolute Gasteiger partial charge is 3.00 e. The van der Waals surface area contributed by atoms with Crippen LogP contribution < -0.4 is 14.7 Å². The van der Waals surface area contributed by atoms with Gasteiger partial charge in [-0.15, -0.1) is 16.7 Å². The summed E-state index contributed by atoms with van der Waals surface area (Å²) in [6.45, 7) is 6.29. The van der Waals surface area contributed by atoms with Crippen LogP contribution >= 0.6 is 0 Å². The average Bonchev–Trinajstić information content (AvgIpc) is 1.64. The number of fused-ring (bicyclic) bond motifs is 47. The minimum Gasteiger partial charge on any atom is -0.510 e. The Morgan fingerprint density at radius 3 is 1.02 bits per heavy atom. The van der Waals surface area contributed by atoms with E-state index in [0.717, 1.165) is 99.0 Å². The summed E-state index contributed by atoms with van der Waals surface area (Å²) in [4.78, 5) is 26.6. The molecule has 9 aromatic heterocycles. The summed E-state index contributed by atoms with van der Waals surface area (Å²) in [6.07, 6.45) is 17.1. The molecule has 0 bridgehead atoms. The van der Waals surface area contributed by atoms with E-state index >= 15 is 0 Å². The van der Waals surface area contributed by atoms with E-state index in [1.165, 1.54) is 132 Å². The van der Waals surface area contributed by atoms with Gasteiger partial charge in [-0.25, -0.2) is 18.2 Å². The van der Waals surface area contributed by atoms with Gasteiger partial charge in [0.1, 0.15) is 0 Å². The molecule has 630 valence electrons. The smallest absolute Gasteiger partial charge is 0.510 e. The predicted octanol–water partition coefficient (Wildman–Crippen LogP) is 25.4. The van der Waals surface area contributed by atoms with Gasteiger partial charge in [0.15, 0.2) is 0 Å². The summed E-state index contributed by atoms with van der Waals surface area (Å²) >= 11 is 0. The average molecular weight is 2230 g/mol. The van der Waals surface area contributed by atoms with Crippen LogP contribution in [0.2, 0.25) is 0 Å². The van der Waals surface area contributed by atoms with Crippen molar-refractivity contribution in [3.05, 3.63) is 438 Å². The molecular weight excluding hydrogens is 2160 g/mol. The van der Waals surface area contributed by atoms with E-state index in [1.54, 1.807) is 18.6 Å². The van der Waals surface area contributed by atoms with Gasteiger partial charge in [0, 0.05) is 51.8 Å². The van der Waals surface area contributed by atoms with Crippen LogP contribution in [0.3, 0.4) is 0 Å². The molecule has 0 N–H and O–H groups in total. The van der Waals surface area contributed by atoms with Crippen LogP contribution in [-0.4, -0.2) is 79.6 Å². The van der Waals surface area contributed by atoms with Crippen molar-refractivity contribution in [1.29, 1.82) is 0 Å². The summed E-state index contributed by atoms with van der Waals surface area (Å²) < 4.78 is 5.93. The SMILES string of the molecule is CN1C=C2c3ccccc3-c3ccc[c-]c3N2[CH-]1.CN1C=C2c3ccccc3-c3ccc[c-]c3N2[CH-]1.CN1C=C2c3ccccc3-c3ccc[c-]c3N2[CH-]1.[Ir+3].[Ir+3].[Ir+3].[c-]1cnn2c1c1ncccc1c1ccc3c4ccccc4ccc3c12.[c-]1cnn2c1c1ncccc1c1ccc3cc4ccccc4cc3c12.[c-]1cnn2c1c1ncccc1c1ccc3ccc4ccccc4c3c12. The molecule has 0 unspecified atom stereocenters. The van der Waals surface area contributed by atoms with Gasteiger partial charge in [-0.05, 0) is 170 Å². The zero-order valence-electron chi connectivity index (χ0n) is 71.1. The van der Waals surface area contributed by atoms with Crippen molar-refractivity contribution in [2.75, 3.05) is 35.8 Å². The van der Waals surface area contributed by atoms with Crippen LogP contribution in [0.1, 0.15) is 16.7 Å². The maximum Gasteiger partial charge on any atom is 3.00 e. The number of para-hydroxylation sites is 3. The van der Waals surface area contributed by atoms with Gasteiger partial charge in [-0.3, -0.25) is 13.5 Å². The molecule has 30 rings (SSSR count). The Morgan fingerprint density at radius 1 is 0.242 bits per heavy atom. The van der Waals surface area contributed by atoms with Crippen molar-refractivity contribution in [2.45, 2.75) is 0 Å². The fourth-order valence-corrected chi connectivity index (χ4v) is 19.8. The van der Waals surface area contributed by atoms with Gasteiger partial charge in [0.25, 0.3) is 0 Å². The zero-order valence-corrected chi connectivity index (χ0v) is 78.3. The van der Waals surface area contributed by atoms with Crippen LogP contribution in [0.4, 0.5) is 17.1 Å². The maximum absolute atomic E-state index is 4.58. The summed E-state index contributed by atoms with van der Waals surface area (Å²) in [7, 11) is 6.16. The van der Waals surface area contributed by atoms with Crippen molar-refractivity contribution in [2.24, 2.45) is 0 Å². The van der Waals surface area contributed by atoms with E-state index in [0.29, 0.717) is 0 Å². The molecule has 0 fully saturated rings. The van der Waals surface area contributed by atoms with Gasteiger partial charge in [-0.1, -0.05) is 307 Å². The van der Waals surface area contributed by atoms with Crippen molar-refractivity contribution in [1.82, 2.24) is 58.5 Å². The number of benzene rings is 15. The fourth-order valence-electron chi connectivity index (χ4n) is 19.8. The van der Waals surface area contributed by atoms with Crippen LogP contribution in [-0.2, 0) is 60.3 Å². The molecule has 0 saturated carbocycles. The summed E-state index contributed by atoms with van der Waals surface area (Å²) in [5.41, 5.74) is 27.4. The van der Waals surface area contributed by atoms with Gasteiger partial charge in [0.05, 0.1) is 16.6 Å². The number of pyridine rings is 6. The Hall–Kier alpha value is -15.1. The first-order valence-electron chi connectivity index (χ1n) is 42.9. The molecule has 0 spiro atoms. The molecule has 6 aliphatic heterocycles. The van der Waals surface area contributed by atoms with Gasteiger partial charge in [-0.2, -0.15) is 108 Å². The molecule has 15 heterocycles. The molecule has 132 heavy (non-hydrogen) atoms. The third kappa shape index (κ3) is 13.5. The van der Waals surface area contributed by atoms with Crippen LogP contribution in [0.15, 0.2) is 365 Å². The number of hydrogen-bond acceptors (Lipinski definition) is 12. The van der Waals surface area contributed by atoms with Crippen molar-refractivity contribution >= 4 is 181 Å². The Balaban J connectivity index is 0.0000000927. The van der Waals surface area contributed by atoms with E-state index in [1.807, 2.05) is 86.7 Å². The second-order valence-electron chi connectivity index (χ2n) is 32.8. The molecule has 18 heteroatoms. The molecule has 15 aromatic carbocycles. The molecular formula is C114H72Ir3N15. The molecule has 0 atom stereocenters. The molecule has 0 aliphatic carbocycles. The maximum atomic E-state index is 4.58. The van der Waals surface area contributed by atoms with Crippen LogP contribution in [0.5, 0.6) is 0 Å². The third-order valence-electron chi connectivity index (χ3n) is 25.4. The molecule has 0 amide bonds. The van der Waals surface area contributed by atoms with Crippen molar-refractivity contribution in [3.63, 3.8) is 0 Å². The number of anilines is 3. The fraction of sp³-hybridized carbons (Fsp3) is 0.0263. The van der Waals surface area contributed by atoms with Crippen molar-refractivity contribution < 1.29 is 60.3 Å². The van der Waals surface area contributed by atoms with E-state index < -0.39 is 0 Å². The summed E-state index contributed by atoms with van der Waals surface area (Å²) in [5.74, 6) is 0. The third-order valence-corrected chi connectivity index (χ3v) is 25.4. The summed E-state index contributed by atoms with van der Waals surface area (Å²) in [5, 5.41) is 35.3. The van der Waals surface area contributed by atoms with Crippen LogP contribution in [0.25, 0.3) is 197 Å². The Labute approximate surface area is 800 Å². The predicted molar refractivity (Wildman–Crippen MR) is 525 cm³/mol. The van der Waals surface area contributed by atoms with E-state index in [-0.39, 0.29) is 60.3 Å². The molecule has 24 aromatic rings. The Kier molecular flexibility index (Phi) is 21.1. The van der Waals surface area contributed by atoms with Gasteiger partial charge < -0.3 is 44.4 Å². The van der Waals surface area contributed by atoms with Gasteiger partial charge >= 0.3 is 60.3 Å². The second-order valence-corrected chi connectivity index (χ2v) is 32.8. The molecule has 0 radical (unpaired) electrons. The number of aromatic nitrogens is 9. The first-order chi connectivity index (χ1) is 63.8. The topological polar surface area (TPSA) is 110 Å².